The fraction of sp³-hybridized carbons (Fsp3) is 0.227. The number of hydrogen-bond acceptors (Lipinski definition) is 4. The molecule has 2 aliphatic rings. The van der Waals surface area contributed by atoms with Crippen LogP contribution in [-0.4, -0.2) is 19.2 Å². The summed E-state index contributed by atoms with van der Waals surface area (Å²) in [4.78, 5) is 14.1. The van der Waals surface area contributed by atoms with E-state index in [1.165, 1.54) is 22.9 Å². The summed E-state index contributed by atoms with van der Waals surface area (Å²) in [5.74, 6) is -0.214. The molecule has 0 radical (unpaired) electrons. The zero-order chi connectivity index (χ0) is 19.1. The van der Waals surface area contributed by atoms with Crippen LogP contribution in [0, 0.1) is 5.41 Å². The Morgan fingerprint density at radius 3 is 2.41 bits per heavy atom. The molecule has 4 rings (SSSR count). The molecule has 2 heterocycles. The lowest BCUT2D eigenvalue weighted by molar-refractivity contribution is -0.151. The SMILES string of the molecule is COC(=O)C1(C)CP2(=S)SC(c3ccccc3)=CC2=CC1c1ccccc1. The van der Waals surface area contributed by atoms with Gasteiger partial charge in [-0.2, -0.15) is 0 Å². The minimum Gasteiger partial charge on any atom is -0.469 e. The molecule has 0 amide bonds. The number of benzene rings is 2. The van der Waals surface area contributed by atoms with Crippen molar-refractivity contribution in [2.45, 2.75) is 12.8 Å². The zero-order valence-electron chi connectivity index (χ0n) is 15.3. The molecule has 2 nitrogen and oxygen atoms in total. The molecule has 0 saturated carbocycles. The third-order valence-electron chi connectivity index (χ3n) is 5.35. The average molecular weight is 413 g/mol. The average Bonchev–Trinajstić information content (AvgIpc) is 3.03. The van der Waals surface area contributed by atoms with Crippen molar-refractivity contribution in [2.24, 2.45) is 5.41 Å². The Morgan fingerprint density at radius 1 is 1.15 bits per heavy atom. The van der Waals surface area contributed by atoms with E-state index in [9.17, 15) is 4.79 Å². The summed E-state index contributed by atoms with van der Waals surface area (Å²) in [5, 5.41) is -0.692. The van der Waals surface area contributed by atoms with Gasteiger partial charge in [-0.15, -0.1) is 0 Å². The van der Waals surface area contributed by atoms with E-state index in [1.54, 1.807) is 11.4 Å². The van der Waals surface area contributed by atoms with Crippen LogP contribution >= 0.6 is 16.6 Å². The van der Waals surface area contributed by atoms with Crippen LogP contribution in [0.25, 0.3) is 4.91 Å². The van der Waals surface area contributed by atoms with Gasteiger partial charge in [0.05, 0.1) is 12.5 Å². The second-order valence-corrected chi connectivity index (χ2v) is 15.0. The summed E-state index contributed by atoms with van der Waals surface area (Å²) in [7, 11) is 1.47. The molecule has 2 aromatic carbocycles. The standard InChI is InChI=1S/C22H21O2PS2/c1-22(21(23)24-2)15-25(26)18(13-19(22)16-9-5-3-6-10-16)14-20(27-25)17-11-7-4-8-12-17/h3-14,19H,15H2,1-2H3. The van der Waals surface area contributed by atoms with Gasteiger partial charge in [0.2, 0.25) is 0 Å². The van der Waals surface area contributed by atoms with Crippen molar-refractivity contribution in [3.05, 3.63) is 89.3 Å². The smallest absolute Gasteiger partial charge is 0.312 e. The lowest BCUT2D eigenvalue weighted by atomic mass is 9.74. The molecule has 27 heavy (non-hydrogen) atoms. The highest BCUT2D eigenvalue weighted by Crippen LogP contribution is 2.79. The van der Waals surface area contributed by atoms with Gasteiger partial charge in [-0.05, 0) is 29.4 Å². The first-order valence-electron chi connectivity index (χ1n) is 8.88. The number of hydrogen-bond donors (Lipinski definition) is 0. The van der Waals surface area contributed by atoms with Gasteiger partial charge in [-0.3, -0.25) is 4.79 Å². The minimum absolute atomic E-state index is 0.0378. The minimum atomic E-state index is -1.92. The number of rotatable bonds is 3. The maximum absolute atomic E-state index is 12.8. The summed E-state index contributed by atoms with van der Waals surface area (Å²) in [5.41, 5.74) is 1.67. The number of carbonyl (C=O) groups excluding carboxylic acids is 1. The Morgan fingerprint density at radius 2 is 1.78 bits per heavy atom. The van der Waals surface area contributed by atoms with Crippen LogP contribution in [0.15, 0.2) is 78.1 Å². The number of methoxy groups -OCH3 is 1. The third-order valence-corrected chi connectivity index (χ3v) is 12.5. The van der Waals surface area contributed by atoms with Crippen LogP contribution in [0.2, 0.25) is 0 Å². The number of esters is 1. The quantitative estimate of drug-likeness (QED) is 0.454. The first kappa shape index (κ1) is 18.7. The lowest BCUT2D eigenvalue weighted by Crippen LogP contribution is -2.39. The van der Waals surface area contributed by atoms with Gasteiger partial charge in [-0.25, -0.2) is 0 Å². The predicted octanol–water partition coefficient (Wildman–Crippen LogP) is 6.03. The first-order chi connectivity index (χ1) is 13.0. The van der Waals surface area contributed by atoms with Gasteiger partial charge in [0.1, 0.15) is 0 Å². The molecule has 0 N–H and O–H groups in total. The molecule has 0 spiro atoms. The molecule has 2 aromatic rings. The van der Waals surface area contributed by atoms with Crippen LogP contribution in [0.4, 0.5) is 0 Å². The molecule has 0 fully saturated rings. The van der Waals surface area contributed by atoms with E-state index in [4.69, 9.17) is 16.5 Å². The van der Waals surface area contributed by atoms with Gasteiger partial charge in [0, 0.05) is 22.2 Å². The predicted molar refractivity (Wildman–Crippen MR) is 119 cm³/mol. The molecule has 0 aliphatic carbocycles. The summed E-state index contributed by atoms with van der Waals surface area (Å²) >= 11 is 7.97. The molecule has 138 valence electrons. The van der Waals surface area contributed by atoms with Crippen LogP contribution in [-0.2, 0) is 21.3 Å². The van der Waals surface area contributed by atoms with Crippen LogP contribution in [0.3, 0.4) is 0 Å². The van der Waals surface area contributed by atoms with Crippen molar-refractivity contribution in [1.29, 1.82) is 0 Å². The topological polar surface area (TPSA) is 26.3 Å². The molecule has 5 heteroatoms. The van der Waals surface area contributed by atoms with E-state index >= 15 is 0 Å². The Kier molecular flexibility index (Phi) is 4.92. The second kappa shape index (κ2) is 7.09. The summed E-state index contributed by atoms with van der Waals surface area (Å²) < 4.78 is 5.23. The monoisotopic (exact) mass is 412 g/mol. The van der Waals surface area contributed by atoms with E-state index in [2.05, 4.69) is 36.4 Å². The van der Waals surface area contributed by atoms with E-state index in [1.807, 2.05) is 43.3 Å². The van der Waals surface area contributed by atoms with Gasteiger partial charge >= 0.3 is 5.97 Å². The fourth-order valence-corrected chi connectivity index (χ4v) is 12.0. The Hall–Kier alpha value is -1.61. The molecular formula is C22H21O2PS2. The Labute approximate surface area is 169 Å². The molecule has 0 saturated heterocycles. The molecule has 3 unspecified atom stereocenters. The van der Waals surface area contributed by atoms with Crippen molar-refractivity contribution in [2.75, 3.05) is 13.3 Å². The normalized spacial score (nSPS) is 29.5. The van der Waals surface area contributed by atoms with E-state index in [-0.39, 0.29) is 11.9 Å². The highest BCUT2D eigenvalue weighted by molar-refractivity contribution is 8.76. The molecule has 3 atom stereocenters. The number of allylic oxidation sites excluding steroid dienone is 3. The Balaban J connectivity index is 1.82. The summed E-state index contributed by atoms with van der Waals surface area (Å²) in [6, 6.07) is 20.6. The second-order valence-electron chi connectivity index (χ2n) is 7.19. The van der Waals surface area contributed by atoms with Crippen LogP contribution in [0.5, 0.6) is 0 Å². The molecular weight excluding hydrogens is 391 g/mol. The van der Waals surface area contributed by atoms with Crippen molar-refractivity contribution in [3.8, 4) is 0 Å². The third kappa shape index (κ3) is 3.24. The van der Waals surface area contributed by atoms with Gasteiger partial charge in [-0.1, -0.05) is 89.9 Å². The van der Waals surface area contributed by atoms with Crippen LogP contribution < -0.4 is 0 Å². The van der Waals surface area contributed by atoms with Crippen molar-refractivity contribution in [3.63, 3.8) is 0 Å². The van der Waals surface area contributed by atoms with Crippen molar-refractivity contribution < 1.29 is 9.53 Å². The van der Waals surface area contributed by atoms with Crippen molar-refractivity contribution >= 4 is 39.3 Å². The van der Waals surface area contributed by atoms with Crippen LogP contribution in [0.1, 0.15) is 24.0 Å². The zero-order valence-corrected chi connectivity index (χ0v) is 17.8. The fourth-order valence-electron chi connectivity index (χ4n) is 3.93. The van der Waals surface area contributed by atoms with E-state index in [0.29, 0.717) is 6.16 Å². The molecule has 2 aliphatic heterocycles. The highest BCUT2D eigenvalue weighted by atomic mass is 32.9. The lowest BCUT2D eigenvalue weighted by Gasteiger charge is -2.41. The Bertz CT molecular complexity index is 982. The van der Waals surface area contributed by atoms with E-state index in [0.717, 1.165) is 5.56 Å². The number of fused-ring (bicyclic) bond motifs is 1. The van der Waals surface area contributed by atoms with Crippen molar-refractivity contribution in [1.82, 2.24) is 0 Å². The number of carbonyl (C=O) groups is 1. The molecule has 0 bridgehead atoms. The summed E-state index contributed by atoms with van der Waals surface area (Å²) in [6.45, 7) is 2.01. The largest absolute Gasteiger partial charge is 0.469 e. The van der Waals surface area contributed by atoms with Gasteiger partial charge in [0.25, 0.3) is 0 Å². The highest BCUT2D eigenvalue weighted by Gasteiger charge is 2.51. The van der Waals surface area contributed by atoms with Gasteiger partial charge in [0.15, 0.2) is 0 Å². The number of ether oxygens (including phenoxy) is 1. The maximum atomic E-state index is 12.8. The van der Waals surface area contributed by atoms with E-state index < -0.39 is 10.7 Å². The maximum Gasteiger partial charge on any atom is 0.312 e. The first-order valence-corrected chi connectivity index (χ1v) is 13.3. The van der Waals surface area contributed by atoms with Gasteiger partial charge < -0.3 is 4.74 Å². The summed E-state index contributed by atoms with van der Waals surface area (Å²) in [6.07, 6.45) is 5.15. The molecule has 0 aromatic heterocycles.